The molecule has 0 aliphatic heterocycles. The fourth-order valence-corrected chi connectivity index (χ4v) is 2.79. The number of carbonyl (C=O) groups is 1. The third-order valence-electron chi connectivity index (χ3n) is 4.03. The summed E-state index contributed by atoms with van der Waals surface area (Å²) in [7, 11) is 4.47. The molecule has 124 valence electrons. The van der Waals surface area contributed by atoms with E-state index in [1.165, 1.54) is 21.3 Å². The van der Waals surface area contributed by atoms with Gasteiger partial charge in [-0.25, -0.2) is 4.79 Å². The SMILES string of the molecule is COc1cc(C(=O)O[C@H]2CCCC[C@@H]2C#N)cc(OC)c1OC. The third kappa shape index (κ3) is 3.67. The molecular weight excluding hydrogens is 298 g/mol. The van der Waals surface area contributed by atoms with Crippen LogP contribution in [0.2, 0.25) is 0 Å². The van der Waals surface area contributed by atoms with Gasteiger partial charge in [-0.3, -0.25) is 0 Å². The minimum atomic E-state index is -0.489. The van der Waals surface area contributed by atoms with E-state index in [2.05, 4.69) is 6.07 Å². The fraction of sp³-hybridized carbons (Fsp3) is 0.529. The van der Waals surface area contributed by atoms with Crippen LogP contribution in [0.5, 0.6) is 17.2 Å². The zero-order chi connectivity index (χ0) is 16.8. The predicted octanol–water partition coefficient (Wildman–Crippen LogP) is 2.95. The fourth-order valence-electron chi connectivity index (χ4n) is 2.79. The van der Waals surface area contributed by atoms with Crippen LogP contribution in [-0.4, -0.2) is 33.4 Å². The lowest BCUT2D eigenvalue weighted by Gasteiger charge is -2.26. The number of nitriles is 1. The van der Waals surface area contributed by atoms with Gasteiger partial charge in [-0.05, 0) is 31.4 Å². The van der Waals surface area contributed by atoms with Gasteiger partial charge in [0.2, 0.25) is 5.75 Å². The number of rotatable bonds is 5. The van der Waals surface area contributed by atoms with E-state index < -0.39 is 5.97 Å². The zero-order valence-corrected chi connectivity index (χ0v) is 13.6. The lowest BCUT2D eigenvalue weighted by molar-refractivity contribution is 0.0107. The first-order valence-corrected chi connectivity index (χ1v) is 7.55. The summed E-state index contributed by atoms with van der Waals surface area (Å²) in [6, 6.07) is 5.33. The number of benzene rings is 1. The van der Waals surface area contributed by atoms with Gasteiger partial charge >= 0.3 is 5.97 Å². The van der Waals surface area contributed by atoms with Gasteiger partial charge in [0.25, 0.3) is 0 Å². The Morgan fingerprint density at radius 2 is 1.70 bits per heavy atom. The second-order valence-corrected chi connectivity index (χ2v) is 5.38. The number of hydrogen-bond donors (Lipinski definition) is 0. The molecule has 0 unspecified atom stereocenters. The number of hydrogen-bond acceptors (Lipinski definition) is 6. The summed E-state index contributed by atoms with van der Waals surface area (Å²) in [6.45, 7) is 0. The van der Waals surface area contributed by atoms with Gasteiger partial charge in [0, 0.05) is 0 Å². The Bertz CT molecular complexity index is 582. The Morgan fingerprint density at radius 1 is 1.09 bits per heavy atom. The number of nitrogens with zero attached hydrogens (tertiary/aromatic N) is 1. The molecule has 2 rings (SSSR count). The smallest absolute Gasteiger partial charge is 0.338 e. The van der Waals surface area contributed by atoms with E-state index in [1.54, 1.807) is 12.1 Å². The molecule has 6 nitrogen and oxygen atoms in total. The summed E-state index contributed by atoms with van der Waals surface area (Å²) in [6.07, 6.45) is 3.08. The first-order chi connectivity index (χ1) is 11.1. The molecule has 1 aliphatic rings. The average molecular weight is 319 g/mol. The van der Waals surface area contributed by atoms with Crippen molar-refractivity contribution in [2.24, 2.45) is 5.92 Å². The largest absolute Gasteiger partial charge is 0.493 e. The highest BCUT2D eigenvalue weighted by molar-refractivity contribution is 5.91. The monoisotopic (exact) mass is 319 g/mol. The molecule has 0 spiro atoms. The first kappa shape index (κ1) is 16.9. The van der Waals surface area contributed by atoms with Crippen molar-refractivity contribution in [2.45, 2.75) is 31.8 Å². The molecule has 2 atom stereocenters. The van der Waals surface area contributed by atoms with Crippen LogP contribution >= 0.6 is 0 Å². The van der Waals surface area contributed by atoms with Crippen molar-refractivity contribution in [1.82, 2.24) is 0 Å². The van der Waals surface area contributed by atoms with Gasteiger partial charge in [-0.15, -0.1) is 0 Å². The molecule has 0 heterocycles. The van der Waals surface area contributed by atoms with Crippen LogP contribution in [0.1, 0.15) is 36.0 Å². The zero-order valence-electron chi connectivity index (χ0n) is 13.6. The normalized spacial score (nSPS) is 20.3. The molecule has 0 saturated heterocycles. The highest BCUT2D eigenvalue weighted by Gasteiger charge is 2.29. The van der Waals surface area contributed by atoms with Crippen LogP contribution in [0.4, 0.5) is 0 Å². The average Bonchev–Trinajstić information content (AvgIpc) is 2.60. The first-order valence-electron chi connectivity index (χ1n) is 7.55. The maximum Gasteiger partial charge on any atom is 0.338 e. The van der Waals surface area contributed by atoms with Gasteiger partial charge in [-0.1, -0.05) is 6.42 Å². The van der Waals surface area contributed by atoms with E-state index in [0.29, 0.717) is 29.2 Å². The Balaban J connectivity index is 2.23. The summed E-state index contributed by atoms with van der Waals surface area (Å²) in [5.74, 6) is 0.462. The van der Waals surface area contributed by atoms with Crippen LogP contribution in [-0.2, 0) is 4.74 Å². The van der Waals surface area contributed by atoms with E-state index in [-0.39, 0.29) is 12.0 Å². The molecule has 23 heavy (non-hydrogen) atoms. The van der Waals surface area contributed by atoms with Crippen molar-refractivity contribution in [1.29, 1.82) is 5.26 Å². The van der Waals surface area contributed by atoms with Crippen LogP contribution in [0.25, 0.3) is 0 Å². The number of esters is 1. The summed E-state index contributed by atoms with van der Waals surface area (Å²) in [5, 5.41) is 9.18. The summed E-state index contributed by atoms with van der Waals surface area (Å²) >= 11 is 0. The van der Waals surface area contributed by atoms with Gasteiger partial charge < -0.3 is 18.9 Å². The van der Waals surface area contributed by atoms with E-state index in [1.807, 2.05) is 0 Å². The lowest BCUT2D eigenvalue weighted by atomic mass is 9.87. The van der Waals surface area contributed by atoms with Gasteiger partial charge in [-0.2, -0.15) is 5.26 Å². The van der Waals surface area contributed by atoms with Crippen LogP contribution < -0.4 is 14.2 Å². The highest BCUT2D eigenvalue weighted by Crippen LogP contribution is 2.38. The van der Waals surface area contributed by atoms with E-state index in [4.69, 9.17) is 18.9 Å². The third-order valence-corrected chi connectivity index (χ3v) is 4.03. The summed E-state index contributed by atoms with van der Waals surface area (Å²) in [5.41, 5.74) is 0.307. The predicted molar refractivity (Wildman–Crippen MR) is 82.9 cm³/mol. The molecule has 1 aromatic rings. The van der Waals surface area contributed by atoms with Crippen molar-refractivity contribution in [3.8, 4) is 23.3 Å². The van der Waals surface area contributed by atoms with Crippen molar-refractivity contribution < 1.29 is 23.7 Å². The number of ether oxygens (including phenoxy) is 4. The Kier molecular flexibility index (Phi) is 5.69. The minimum absolute atomic E-state index is 0.241. The maximum absolute atomic E-state index is 12.4. The number of methoxy groups -OCH3 is 3. The second kappa shape index (κ2) is 7.73. The lowest BCUT2D eigenvalue weighted by Crippen LogP contribution is -2.29. The maximum atomic E-state index is 12.4. The Morgan fingerprint density at radius 3 is 2.22 bits per heavy atom. The van der Waals surface area contributed by atoms with E-state index in [0.717, 1.165) is 19.3 Å². The quantitative estimate of drug-likeness (QED) is 0.777. The van der Waals surface area contributed by atoms with Gasteiger partial charge in [0.15, 0.2) is 11.5 Å². The van der Waals surface area contributed by atoms with E-state index >= 15 is 0 Å². The van der Waals surface area contributed by atoms with Crippen LogP contribution in [0.3, 0.4) is 0 Å². The molecule has 1 aromatic carbocycles. The molecule has 0 bridgehead atoms. The molecular formula is C17H21NO5. The minimum Gasteiger partial charge on any atom is -0.493 e. The second-order valence-electron chi connectivity index (χ2n) is 5.38. The van der Waals surface area contributed by atoms with Crippen LogP contribution in [0, 0.1) is 17.2 Å². The van der Waals surface area contributed by atoms with Crippen molar-refractivity contribution in [3.05, 3.63) is 17.7 Å². The summed E-state index contributed by atoms with van der Waals surface area (Å²) in [4.78, 5) is 12.4. The molecule has 0 N–H and O–H groups in total. The van der Waals surface area contributed by atoms with Crippen LogP contribution in [0.15, 0.2) is 12.1 Å². The Hall–Kier alpha value is -2.42. The van der Waals surface area contributed by atoms with E-state index in [9.17, 15) is 10.1 Å². The Labute approximate surface area is 135 Å². The molecule has 6 heteroatoms. The standard InChI is InChI=1S/C17H21NO5/c1-20-14-8-12(9-15(21-2)16(14)22-3)17(19)23-13-7-5-4-6-11(13)10-18/h8-9,11,13H,4-7H2,1-3H3/t11-,13+/m1/s1. The molecule has 0 amide bonds. The van der Waals surface area contributed by atoms with Crippen molar-refractivity contribution in [2.75, 3.05) is 21.3 Å². The van der Waals surface area contributed by atoms with Crippen molar-refractivity contribution in [3.63, 3.8) is 0 Å². The summed E-state index contributed by atoms with van der Waals surface area (Å²) < 4.78 is 21.2. The topological polar surface area (TPSA) is 77.8 Å². The molecule has 0 radical (unpaired) electrons. The molecule has 1 fully saturated rings. The van der Waals surface area contributed by atoms with Gasteiger partial charge in [0.1, 0.15) is 6.10 Å². The number of carbonyl (C=O) groups excluding carboxylic acids is 1. The molecule has 1 saturated carbocycles. The van der Waals surface area contributed by atoms with Crippen molar-refractivity contribution >= 4 is 5.97 Å². The molecule has 1 aliphatic carbocycles. The van der Waals surface area contributed by atoms with Gasteiger partial charge in [0.05, 0.1) is 38.9 Å². The highest BCUT2D eigenvalue weighted by atomic mass is 16.5. The molecule has 0 aromatic heterocycles.